The molecule has 0 radical (unpaired) electrons. The van der Waals surface area contributed by atoms with Crippen LogP contribution in [0.5, 0.6) is 0 Å². The smallest absolute Gasteiger partial charge is 0.276 e. The van der Waals surface area contributed by atoms with Crippen LogP contribution in [0.3, 0.4) is 0 Å². The van der Waals surface area contributed by atoms with Crippen molar-refractivity contribution in [3.05, 3.63) is 72.2 Å². The molecule has 1 N–H and O–H groups in total. The molecule has 2 aromatic heterocycles. The van der Waals surface area contributed by atoms with Gasteiger partial charge in [-0.1, -0.05) is 41.6 Å². The van der Waals surface area contributed by atoms with E-state index in [1.54, 1.807) is 17.3 Å². The Morgan fingerprint density at radius 3 is 2.50 bits per heavy atom. The van der Waals surface area contributed by atoms with Crippen LogP contribution < -0.4 is 4.90 Å². The van der Waals surface area contributed by atoms with Gasteiger partial charge in [-0.3, -0.25) is 4.79 Å². The van der Waals surface area contributed by atoms with Gasteiger partial charge in [-0.2, -0.15) is 0 Å². The zero-order chi connectivity index (χ0) is 19.3. The van der Waals surface area contributed by atoms with Gasteiger partial charge in [0.2, 0.25) is 0 Å². The van der Waals surface area contributed by atoms with E-state index < -0.39 is 6.10 Å². The topological polar surface area (TPSA) is 87.4 Å². The highest BCUT2D eigenvalue weighted by atomic mass is 16.3. The second-order valence-electron chi connectivity index (χ2n) is 6.72. The largest absolute Gasteiger partial charge is 0.386 e. The van der Waals surface area contributed by atoms with Gasteiger partial charge in [-0.25, -0.2) is 9.67 Å². The van der Waals surface area contributed by atoms with E-state index in [1.807, 2.05) is 48.5 Å². The van der Waals surface area contributed by atoms with Gasteiger partial charge < -0.3 is 14.9 Å². The second kappa shape index (κ2) is 8.18. The molecule has 1 aliphatic heterocycles. The molecule has 0 spiro atoms. The Morgan fingerprint density at radius 1 is 1.04 bits per heavy atom. The monoisotopic (exact) mass is 378 g/mol. The summed E-state index contributed by atoms with van der Waals surface area (Å²) >= 11 is 0. The summed E-state index contributed by atoms with van der Waals surface area (Å²) in [4.78, 5) is 21.0. The Morgan fingerprint density at radius 2 is 1.79 bits per heavy atom. The van der Waals surface area contributed by atoms with Crippen molar-refractivity contribution in [1.29, 1.82) is 0 Å². The third-order valence-electron chi connectivity index (χ3n) is 4.84. The molecule has 0 aliphatic carbocycles. The zero-order valence-electron chi connectivity index (χ0n) is 15.4. The van der Waals surface area contributed by atoms with E-state index in [2.05, 4.69) is 20.2 Å². The van der Waals surface area contributed by atoms with Crippen molar-refractivity contribution >= 4 is 11.7 Å². The summed E-state index contributed by atoms with van der Waals surface area (Å²) in [5.74, 6) is 0.788. The van der Waals surface area contributed by atoms with Crippen molar-refractivity contribution in [3.63, 3.8) is 0 Å². The fraction of sp³-hybridized carbons (Fsp3) is 0.300. The van der Waals surface area contributed by atoms with E-state index in [0.29, 0.717) is 18.8 Å². The lowest BCUT2D eigenvalue weighted by atomic mass is 10.1. The number of aliphatic hydroxyl groups excluding tert-OH is 1. The van der Waals surface area contributed by atoms with E-state index in [1.165, 1.54) is 4.68 Å². The minimum atomic E-state index is -0.701. The molecule has 144 valence electrons. The van der Waals surface area contributed by atoms with Gasteiger partial charge in [-0.05, 0) is 17.7 Å². The number of amides is 1. The fourth-order valence-corrected chi connectivity index (χ4v) is 3.28. The zero-order valence-corrected chi connectivity index (χ0v) is 15.4. The number of pyridine rings is 1. The number of nitrogens with zero attached hydrogens (tertiary/aromatic N) is 6. The molecule has 28 heavy (non-hydrogen) atoms. The molecule has 0 unspecified atom stereocenters. The minimum Gasteiger partial charge on any atom is -0.386 e. The lowest BCUT2D eigenvalue weighted by Crippen LogP contribution is -2.49. The van der Waals surface area contributed by atoms with Gasteiger partial charge in [0.1, 0.15) is 5.82 Å². The second-order valence-corrected chi connectivity index (χ2v) is 6.72. The maximum atomic E-state index is 12.7. The Kier molecular flexibility index (Phi) is 5.29. The number of carbonyl (C=O) groups is 1. The highest BCUT2D eigenvalue weighted by Crippen LogP contribution is 2.16. The van der Waals surface area contributed by atoms with Gasteiger partial charge in [0.15, 0.2) is 5.69 Å². The summed E-state index contributed by atoms with van der Waals surface area (Å²) in [6.07, 6.45) is 2.67. The molecule has 1 fully saturated rings. The number of rotatable bonds is 5. The third-order valence-corrected chi connectivity index (χ3v) is 4.84. The van der Waals surface area contributed by atoms with Crippen LogP contribution in [-0.4, -0.2) is 62.1 Å². The van der Waals surface area contributed by atoms with E-state index in [4.69, 9.17) is 0 Å². The number of hydrogen-bond donors (Lipinski definition) is 1. The predicted molar refractivity (Wildman–Crippen MR) is 104 cm³/mol. The van der Waals surface area contributed by atoms with Gasteiger partial charge in [-0.15, -0.1) is 5.10 Å². The summed E-state index contributed by atoms with van der Waals surface area (Å²) in [5, 5.41) is 18.3. The maximum absolute atomic E-state index is 12.7. The van der Waals surface area contributed by atoms with Crippen molar-refractivity contribution in [2.24, 2.45) is 0 Å². The maximum Gasteiger partial charge on any atom is 0.276 e. The van der Waals surface area contributed by atoms with Crippen molar-refractivity contribution in [1.82, 2.24) is 24.9 Å². The Bertz CT molecular complexity index is 907. The van der Waals surface area contributed by atoms with Crippen LogP contribution in [0.1, 0.15) is 22.2 Å². The first-order chi connectivity index (χ1) is 13.7. The van der Waals surface area contributed by atoms with Crippen molar-refractivity contribution < 1.29 is 9.90 Å². The normalized spacial score (nSPS) is 15.5. The summed E-state index contributed by atoms with van der Waals surface area (Å²) in [6.45, 7) is 2.91. The number of aliphatic hydroxyl groups is 1. The van der Waals surface area contributed by atoms with E-state index in [9.17, 15) is 9.90 Å². The highest BCUT2D eigenvalue weighted by molar-refractivity contribution is 5.92. The predicted octanol–water partition coefficient (Wildman–Crippen LogP) is 1.37. The molecule has 4 rings (SSSR count). The van der Waals surface area contributed by atoms with Crippen molar-refractivity contribution in [2.45, 2.75) is 12.6 Å². The van der Waals surface area contributed by atoms with E-state index >= 15 is 0 Å². The summed E-state index contributed by atoms with van der Waals surface area (Å²) in [6, 6.07) is 15.2. The first-order valence-corrected chi connectivity index (χ1v) is 9.29. The average Bonchev–Trinajstić information content (AvgIpc) is 3.23. The van der Waals surface area contributed by atoms with Crippen LogP contribution in [0, 0.1) is 0 Å². The molecule has 1 atom stereocenters. The first kappa shape index (κ1) is 18.1. The number of hydrogen-bond acceptors (Lipinski definition) is 6. The summed E-state index contributed by atoms with van der Waals surface area (Å²) in [5.41, 5.74) is 1.10. The van der Waals surface area contributed by atoms with Crippen molar-refractivity contribution in [2.75, 3.05) is 31.1 Å². The molecule has 8 nitrogen and oxygen atoms in total. The molecule has 1 aliphatic rings. The Hall–Kier alpha value is -3.26. The third kappa shape index (κ3) is 4.01. The van der Waals surface area contributed by atoms with Gasteiger partial charge in [0.05, 0.1) is 18.8 Å². The van der Waals surface area contributed by atoms with Crippen LogP contribution in [0.4, 0.5) is 5.82 Å². The molecule has 3 aromatic rings. The Balaban J connectivity index is 1.35. The molecular formula is C20H22N6O2. The molecule has 1 aromatic carbocycles. The standard InChI is InChI=1S/C20H22N6O2/c27-18(16-6-2-1-3-7-16)15-26-14-17(22-23-26)20(28)25-12-10-24(11-13-25)19-8-4-5-9-21-19/h1-9,14,18,27H,10-13,15H2/t18-/m0/s1. The Labute approximate surface area is 163 Å². The fourth-order valence-electron chi connectivity index (χ4n) is 3.28. The van der Waals surface area contributed by atoms with Gasteiger partial charge in [0, 0.05) is 32.4 Å². The summed E-state index contributed by atoms with van der Waals surface area (Å²) in [7, 11) is 0. The lowest BCUT2D eigenvalue weighted by molar-refractivity contribution is 0.0740. The SMILES string of the molecule is O=C(c1cn(C[C@H](O)c2ccccc2)nn1)N1CCN(c2ccccn2)CC1. The van der Waals surface area contributed by atoms with Crippen LogP contribution in [0.2, 0.25) is 0 Å². The van der Waals surface area contributed by atoms with Gasteiger partial charge >= 0.3 is 0 Å². The molecule has 1 amide bonds. The minimum absolute atomic E-state index is 0.138. The summed E-state index contributed by atoms with van der Waals surface area (Å²) < 4.78 is 1.51. The highest BCUT2D eigenvalue weighted by Gasteiger charge is 2.25. The molecule has 3 heterocycles. The number of benzene rings is 1. The number of anilines is 1. The van der Waals surface area contributed by atoms with Crippen LogP contribution in [-0.2, 0) is 6.54 Å². The number of aromatic nitrogens is 4. The number of piperazine rings is 1. The van der Waals surface area contributed by atoms with E-state index in [0.717, 1.165) is 24.5 Å². The van der Waals surface area contributed by atoms with Gasteiger partial charge in [0.25, 0.3) is 5.91 Å². The van der Waals surface area contributed by atoms with Crippen LogP contribution in [0.25, 0.3) is 0 Å². The molecule has 0 bridgehead atoms. The first-order valence-electron chi connectivity index (χ1n) is 9.29. The van der Waals surface area contributed by atoms with Crippen LogP contribution in [0.15, 0.2) is 60.9 Å². The molecule has 8 heteroatoms. The van der Waals surface area contributed by atoms with E-state index in [-0.39, 0.29) is 12.5 Å². The average molecular weight is 378 g/mol. The van der Waals surface area contributed by atoms with Crippen LogP contribution >= 0.6 is 0 Å². The molecule has 1 saturated heterocycles. The molecular weight excluding hydrogens is 356 g/mol. The quantitative estimate of drug-likeness (QED) is 0.722. The molecule has 0 saturated carbocycles. The number of carbonyl (C=O) groups excluding carboxylic acids is 1. The lowest BCUT2D eigenvalue weighted by Gasteiger charge is -2.35. The van der Waals surface area contributed by atoms with Crippen molar-refractivity contribution in [3.8, 4) is 0 Å².